The summed E-state index contributed by atoms with van der Waals surface area (Å²) in [4.78, 5) is 0. The van der Waals surface area contributed by atoms with Gasteiger partial charge in [0.25, 0.3) is 0 Å². The van der Waals surface area contributed by atoms with Crippen LogP contribution in [0.15, 0.2) is 40.9 Å². The number of benzene rings is 1. The van der Waals surface area contributed by atoms with E-state index in [9.17, 15) is 5.11 Å². The Kier molecular flexibility index (Phi) is 4.99. The van der Waals surface area contributed by atoms with Gasteiger partial charge >= 0.3 is 0 Å². The van der Waals surface area contributed by atoms with Gasteiger partial charge in [0.1, 0.15) is 29.9 Å². The van der Waals surface area contributed by atoms with Gasteiger partial charge in [0.2, 0.25) is 6.79 Å². The SMILES string of the molecule is Cc1ccc(-c2[nH]ncc2CNC[C@@H](O)COc2ccc3c(c2)OCO3)o1. The first-order valence-corrected chi connectivity index (χ1v) is 8.69. The molecular weight excluding hydrogens is 350 g/mol. The molecule has 8 nitrogen and oxygen atoms in total. The Morgan fingerprint density at radius 2 is 2.15 bits per heavy atom. The molecule has 1 aliphatic heterocycles. The van der Waals surface area contributed by atoms with E-state index in [4.69, 9.17) is 18.6 Å². The number of aromatic nitrogens is 2. The maximum Gasteiger partial charge on any atom is 0.231 e. The predicted octanol–water partition coefficient (Wildman–Crippen LogP) is 2.24. The van der Waals surface area contributed by atoms with Crippen LogP contribution in [0.5, 0.6) is 17.2 Å². The summed E-state index contributed by atoms with van der Waals surface area (Å²) in [7, 11) is 0. The van der Waals surface area contributed by atoms with Crippen molar-refractivity contribution in [3.8, 4) is 28.7 Å². The monoisotopic (exact) mass is 371 g/mol. The number of ether oxygens (including phenoxy) is 3. The first-order valence-electron chi connectivity index (χ1n) is 8.69. The third-order valence-electron chi connectivity index (χ3n) is 4.19. The molecule has 0 amide bonds. The zero-order chi connectivity index (χ0) is 18.6. The molecule has 27 heavy (non-hydrogen) atoms. The maximum atomic E-state index is 10.1. The number of aromatic amines is 1. The molecule has 1 atom stereocenters. The minimum atomic E-state index is -0.656. The Morgan fingerprint density at radius 1 is 1.26 bits per heavy atom. The molecule has 8 heteroatoms. The second-order valence-electron chi connectivity index (χ2n) is 6.29. The summed E-state index contributed by atoms with van der Waals surface area (Å²) in [6, 6.07) is 9.15. The predicted molar refractivity (Wildman–Crippen MR) is 96.8 cm³/mol. The van der Waals surface area contributed by atoms with Gasteiger partial charge in [-0.1, -0.05) is 0 Å². The van der Waals surface area contributed by atoms with Gasteiger partial charge < -0.3 is 29.1 Å². The number of aliphatic hydroxyl groups is 1. The minimum Gasteiger partial charge on any atom is -0.491 e. The van der Waals surface area contributed by atoms with Crippen molar-refractivity contribution in [2.45, 2.75) is 19.6 Å². The highest BCUT2D eigenvalue weighted by atomic mass is 16.7. The van der Waals surface area contributed by atoms with Crippen LogP contribution in [0.3, 0.4) is 0 Å². The zero-order valence-electron chi connectivity index (χ0n) is 14.9. The summed E-state index contributed by atoms with van der Waals surface area (Å²) in [6.07, 6.45) is 1.09. The van der Waals surface area contributed by atoms with Crippen LogP contribution in [-0.2, 0) is 6.54 Å². The molecule has 1 aliphatic rings. The average molecular weight is 371 g/mol. The van der Waals surface area contributed by atoms with Crippen LogP contribution in [0, 0.1) is 6.92 Å². The second kappa shape index (κ2) is 7.73. The summed E-state index contributed by atoms with van der Waals surface area (Å²) >= 11 is 0. The number of nitrogens with zero attached hydrogens (tertiary/aromatic N) is 1. The quantitative estimate of drug-likeness (QED) is 0.558. The van der Waals surface area contributed by atoms with Crippen molar-refractivity contribution in [1.29, 1.82) is 0 Å². The number of rotatable bonds is 8. The highest BCUT2D eigenvalue weighted by molar-refractivity contribution is 5.56. The van der Waals surface area contributed by atoms with Crippen molar-refractivity contribution in [3.63, 3.8) is 0 Å². The average Bonchev–Trinajstić information content (AvgIpc) is 3.39. The largest absolute Gasteiger partial charge is 0.491 e. The second-order valence-corrected chi connectivity index (χ2v) is 6.29. The van der Waals surface area contributed by atoms with Crippen molar-refractivity contribution < 1.29 is 23.7 Å². The summed E-state index contributed by atoms with van der Waals surface area (Å²) in [6.45, 7) is 3.22. The van der Waals surface area contributed by atoms with E-state index in [0.717, 1.165) is 22.8 Å². The number of hydrogen-bond donors (Lipinski definition) is 3. The number of aliphatic hydroxyl groups excluding tert-OH is 1. The number of furan rings is 1. The zero-order valence-corrected chi connectivity index (χ0v) is 14.9. The number of fused-ring (bicyclic) bond motifs is 1. The van der Waals surface area contributed by atoms with Crippen LogP contribution in [0.25, 0.3) is 11.5 Å². The molecule has 3 N–H and O–H groups in total. The fourth-order valence-electron chi connectivity index (χ4n) is 2.82. The maximum absolute atomic E-state index is 10.1. The van der Waals surface area contributed by atoms with E-state index >= 15 is 0 Å². The van der Waals surface area contributed by atoms with Gasteiger partial charge in [-0.2, -0.15) is 5.10 Å². The molecule has 3 heterocycles. The first kappa shape index (κ1) is 17.4. The first-order chi connectivity index (χ1) is 13.2. The van der Waals surface area contributed by atoms with Crippen LogP contribution < -0.4 is 19.5 Å². The Bertz CT molecular complexity index is 904. The molecule has 0 aliphatic carbocycles. The molecule has 4 rings (SSSR count). The standard InChI is InChI=1S/C19H21N3O5/c1-12-2-4-17(27-12)19-13(8-21-22-19)7-20-9-14(23)10-24-15-3-5-16-18(6-15)26-11-25-16/h2-6,8,14,20,23H,7,9-11H2,1H3,(H,21,22)/t14-/m1/s1. The van der Waals surface area contributed by atoms with E-state index in [2.05, 4.69) is 15.5 Å². The van der Waals surface area contributed by atoms with Crippen LogP contribution in [0.2, 0.25) is 0 Å². The Labute approximate surface area is 156 Å². The third-order valence-corrected chi connectivity index (χ3v) is 4.19. The summed E-state index contributed by atoms with van der Waals surface area (Å²) in [5.74, 6) is 3.57. The summed E-state index contributed by atoms with van der Waals surface area (Å²) < 4.78 is 21.8. The van der Waals surface area contributed by atoms with Crippen LogP contribution in [0.1, 0.15) is 11.3 Å². The van der Waals surface area contributed by atoms with Crippen LogP contribution >= 0.6 is 0 Å². The molecule has 0 radical (unpaired) electrons. The van der Waals surface area contributed by atoms with Gasteiger partial charge in [0, 0.05) is 24.7 Å². The van der Waals surface area contributed by atoms with Crippen molar-refractivity contribution in [2.24, 2.45) is 0 Å². The van der Waals surface area contributed by atoms with Crippen LogP contribution in [0.4, 0.5) is 0 Å². The number of hydrogen-bond acceptors (Lipinski definition) is 7. The minimum absolute atomic E-state index is 0.169. The topological polar surface area (TPSA) is 102 Å². The highest BCUT2D eigenvalue weighted by Gasteiger charge is 2.15. The van der Waals surface area contributed by atoms with Crippen molar-refractivity contribution in [2.75, 3.05) is 19.9 Å². The van der Waals surface area contributed by atoms with E-state index < -0.39 is 6.10 Å². The van der Waals surface area contributed by atoms with Gasteiger partial charge in [-0.05, 0) is 31.2 Å². The van der Waals surface area contributed by atoms with E-state index in [-0.39, 0.29) is 13.4 Å². The van der Waals surface area contributed by atoms with Gasteiger partial charge in [-0.25, -0.2) is 0 Å². The fraction of sp³-hybridized carbons (Fsp3) is 0.316. The van der Waals surface area contributed by atoms with E-state index in [1.807, 2.05) is 19.1 Å². The molecule has 142 valence electrons. The number of H-pyrrole nitrogens is 1. The van der Waals surface area contributed by atoms with Crippen molar-refractivity contribution in [3.05, 3.63) is 47.9 Å². The van der Waals surface area contributed by atoms with E-state index in [0.29, 0.717) is 30.3 Å². The van der Waals surface area contributed by atoms with Gasteiger partial charge in [0.05, 0.1) is 6.20 Å². The molecular formula is C19H21N3O5. The van der Waals surface area contributed by atoms with Crippen molar-refractivity contribution in [1.82, 2.24) is 15.5 Å². The summed E-state index contributed by atoms with van der Waals surface area (Å²) in [5.41, 5.74) is 1.80. The van der Waals surface area contributed by atoms with E-state index in [1.165, 1.54) is 0 Å². The van der Waals surface area contributed by atoms with Gasteiger partial charge in [-0.15, -0.1) is 0 Å². The number of nitrogens with one attached hydrogen (secondary N) is 2. The summed E-state index contributed by atoms with van der Waals surface area (Å²) in [5, 5.41) is 20.4. The molecule has 0 saturated heterocycles. The molecule has 0 bridgehead atoms. The lowest BCUT2D eigenvalue weighted by molar-refractivity contribution is 0.106. The van der Waals surface area contributed by atoms with E-state index in [1.54, 1.807) is 24.4 Å². The molecule has 0 fully saturated rings. The Morgan fingerprint density at radius 3 is 3.00 bits per heavy atom. The normalized spacial score (nSPS) is 13.7. The van der Waals surface area contributed by atoms with Gasteiger partial charge in [0.15, 0.2) is 17.3 Å². The molecule has 0 saturated carbocycles. The van der Waals surface area contributed by atoms with Gasteiger partial charge in [-0.3, -0.25) is 5.10 Å². The Balaban J connectivity index is 1.24. The molecule has 1 aromatic carbocycles. The molecule has 3 aromatic rings. The fourth-order valence-corrected chi connectivity index (χ4v) is 2.82. The molecule has 0 unspecified atom stereocenters. The molecule has 2 aromatic heterocycles. The highest BCUT2D eigenvalue weighted by Crippen LogP contribution is 2.35. The van der Waals surface area contributed by atoms with Crippen LogP contribution in [-0.4, -0.2) is 41.4 Å². The molecule has 0 spiro atoms. The lowest BCUT2D eigenvalue weighted by Crippen LogP contribution is -2.31. The lowest BCUT2D eigenvalue weighted by atomic mass is 10.2. The Hall–Kier alpha value is -2.97. The number of aryl methyl sites for hydroxylation is 1. The smallest absolute Gasteiger partial charge is 0.231 e. The lowest BCUT2D eigenvalue weighted by Gasteiger charge is -2.13. The van der Waals surface area contributed by atoms with Crippen molar-refractivity contribution >= 4 is 0 Å². The third kappa shape index (κ3) is 4.07.